The van der Waals surface area contributed by atoms with Crippen LogP contribution in [0.1, 0.15) is 22.3 Å². The third kappa shape index (κ3) is 6.02. The van der Waals surface area contributed by atoms with Crippen molar-refractivity contribution in [3.63, 3.8) is 0 Å². The van der Waals surface area contributed by atoms with Crippen LogP contribution in [0.3, 0.4) is 0 Å². The first kappa shape index (κ1) is 36.6. The molecule has 11 aromatic rings. The van der Waals surface area contributed by atoms with Gasteiger partial charge >= 0.3 is 0 Å². The van der Waals surface area contributed by atoms with E-state index in [1.54, 1.807) is 0 Å². The Labute approximate surface area is 367 Å². The maximum absolute atomic E-state index is 6.80. The minimum atomic E-state index is -0.574. The van der Waals surface area contributed by atoms with Crippen molar-refractivity contribution in [2.45, 2.75) is 5.41 Å². The van der Waals surface area contributed by atoms with Crippen molar-refractivity contribution in [2.24, 2.45) is 0 Å². The largest absolute Gasteiger partial charge is 0.456 e. The quantitative estimate of drug-likeness (QED) is 0.152. The van der Waals surface area contributed by atoms with Gasteiger partial charge in [0.1, 0.15) is 11.2 Å². The zero-order valence-corrected chi connectivity index (χ0v) is 34.5. The molecule has 12 rings (SSSR count). The molecule has 1 aliphatic carbocycles. The zero-order chi connectivity index (χ0) is 41.7. The van der Waals surface area contributed by atoms with Crippen LogP contribution in [0.15, 0.2) is 253 Å². The normalized spacial score (nSPS) is 12.6. The average molecular weight is 804 g/mol. The average Bonchev–Trinajstić information content (AvgIpc) is 3.89. The van der Waals surface area contributed by atoms with Gasteiger partial charge in [-0.05, 0) is 115 Å². The maximum Gasteiger partial charge on any atom is 0.137 e. The van der Waals surface area contributed by atoms with Crippen molar-refractivity contribution >= 4 is 39.0 Å². The highest BCUT2D eigenvalue weighted by Crippen LogP contribution is 2.57. The highest BCUT2D eigenvalue weighted by molar-refractivity contribution is 6.14. The fourth-order valence-electron chi connectivity index (χ4n) is 10.1. The molecule has 0 aliphatic heterocycles. The van der Waals surface area contributed by atoms with Gasteiger partial charge in [0.25, 0.3) is 0 Å². The molecule has 63 heavy (non-hydrogen) atoms. The summed E-state index contributed by atoms with van der Waals surface area (Å²) in [6.07, 6.45) is 0. The Kier molecular flexibility index (Phi) is 8.76. The van der Waals surface area contributed by atoms with Gasteiger partial charge < -0.3 is 9.32 Å². The predicted molar refractivity (Wildman–Crippen MR) is 262 cm³/mol. The first-order valence-electron chi connectivity index (χ1n) is 21.7. The Morgan fingerprint density at radius 3 is 1.25 bits per heavy atom. The smallest absolute Gasteiger partial charge is 0.137 e. The van der Waals surface area contributed by atoms with Crippen LogP contribution in [0.2, 0.25) is 0 Å². The lowest BCUT2D eigenvalue weighted by Gasteiger charge is -2.34. The summed E-state index contributed by atoms with van der Waals surface area (Å²) >= 11 is 0. The van der Waals surface area contributed by atoms with Gasteiger partial charge in [-0.15, -0.1) is 0 Å². The third-order valence-corrected chi connectivity index (χ3v) is 13.0. The third-order valence-electron chi connectivity index (χ3n) is 13.0. The lowest BCUT2D eigenvalue weighted by molar-refractivity contribution is 0.668. The number of anilines is 3. The summed E-state index contributed by atoms with van der Waals surface area (Å²) in [5.41, 5.74) is 19.0. The number of fused-ring (bicyclic) bond motifs is 6. The SMILES string of the molecule is c1ccc(-c2ccc(N(c3ccc(-c4ccccc4)cc3)c3cccc4oc5ccc(C6(c7ccc(-c8ccccc8)cc7)c7ccccc7-c7ccccc76)cc5c34)cc2)cc1. The van der Waals surface area contributed by atoms with Crippen LogP contribution in [0.25, 0.3) is 66.4 Å². The van der Waals surface area contributed by atoms with E-state index >= 15 is 0 Å². The molecule has 0 bridgehead atoms. The van der Waals surface area contributed by atoms with Crippen molar-refractivity contribution in [2.75, 3.05) is 4.90 Å². The molecule has 0 saturated heterocycles. The van der Waals surface area contributed by atoms with Crippen molar-refractivity contribution in [1.82, 2.24) is 0 Å². The molecule has 2 nitrogen and oxygen atoms in total. The van der Waals surface area contributed by atoms with Gasteiger partial charge in [-0.1, -0.05) is 200 Å². The van der Waals surface area contributed by atoms with E-state index in [1.165, 1.54) is 66.8 Å². The standard InChI is InChI=1S/C61H41NO/c1-4-15-42(16-5-1)45-27-33-48(34-28-45)61(55-23-12-10-21-52(55)53-22-11-13-24-56(53)61)49-35-40-58-54(41-49)60-57(25-14-26-59(60)63-58)62(50-36-29-46(30-37-50)43-17-6-2-7-18-43)51-38-31-47(32-39-51)44-19-8-3-9-20-44/h1-41H. The van der Waals surface area contributed by atoms with Gasteiger partial charge in [0, 0.05) is 16.8 Å². The summed E-state index contributed by atoms with van der Waals surface area (Å²) in [6, 6.07) is 90.1. The van der Waals surface area contributed by atoms with Gasteiger partial charge in [-0.2, -0.15) is 0 Å². The van der Waals surface area contributed by atoms with Crippen molar-refractivity contribution < 1.29 is 4.42 Å². The minimum Gasteiger partial charge on any atom is -0.456 e. The van der Waals surface area contributed by atoms with Crippen LogP contribution in [-0.4, -0.2) is 0 Å². The van der Waals surface area contributed by atoms with Gasteiger partial charge in [-0.25, -0.2) is 0 Å². The molecule has 296 valence electrons. The second-order valence-corrected chi connectivity index (χ2v) is 16.4. The molecule has 0 spiro atoms. The van der Waals surface area contributed by atoms with Crippen molar-refractivity contribution in [3.05, 3.63) is 271 Å². The number of hydrogen-bond donors (Lipinski definition) is 0. The first-order chi connectivity index (χ1) is 31.2. The van der Waals surface area contributed by atoms with Crippen LogP contribution < -0.4 is 4.90 Å². The van der Waals surface area contributed by atoms with E-state index < -0.39 is 5.41 Å². The lowest BCUT2D eigenvalue weighted by Crippen LogP contribution is -2.28. The fraction of sp³-hybridized carbons (Fsp3) is 0.0164. The molecule has 2 heteroatoms. The summed E-state index contributed by atoms with van der Waals surface area (Å²) in [4.78, 5) is 2.38. The molecule has 0 N–H and O–H groups in total. The lowest BCUT2D eigenvalue weighted by atomic mass is 9.67. The second kappa shape index (κ2) is 15.1. The summed E-state index contributed by atoms with van der Waals surface area (Å²) in [7, 11) is 0. The van der Waals surface area contributed by atoms with E-state index in [9.17, 15) is 0 Å². The van der Waals surface area contributed by atoms with E-state index in [-0.39, 0.29) is 0 Å². The monoisotopic (exact) mass is 803 g/mol. The van der Waals surface area contributed by atoms with Gasteiger partial charge in [-0.3, -0.25) is 0 Å². The fourth-order valence-corrected chi connectivity index (χ4v) is 10.1. The first-order valence-corrected chi connectivity index (χ1v) is 21.7. The topological polar surface area (TPSA) is 16.4 Å². The Hall–Kier alpha value is -8.20. The molecular weight excluding hydrogens is 763 g/mol. The Bertz CT molecular complexity index is 3280. The Balaban J connectivity index is 1.08. The predicted octanol–water partition coefficient (Wildman–Crippen LogP) is 16.4. The Morgan fingerprint density at radius 2 is 0.746 bits per heavy atom. The van der Waals surface area contributed by atoms with Crippen molar-refractivity contribution in [3.8, 4) is 44.5 Å². The van der Waals surface area contributed by atoms with Gasteiger partial charge in [0.2, 0.25) is 0 Å². The molecule has 0 saturated carbocycles. The highest BCUT2D eigenvalue weighted by Gasteiger charge is 2.46. The van der Waals surface area contributed by atoms with E-state index in [4.69, 9.17) is 4.42 Å². The number of rotatable bonds is 8. The molecule has 1 aliphatic rings. The zero-order valence-electron chi connectivity index (χ0n) is 34.5. The molecular formula is C61H41NO. The minimum absolute atomic E-state index is 0.574. The summed E-state index contributed by atoms with van der Waals surface area (Å²) in [6.45, 7) is 0. The highest BCUT2D eigenvalue weighted by atomic mass is 16.3. The summed E-state index contributed by atoms with van der Waals surface area (Å²) in [5, 5.41) is 2.15. The maximum atomic E-state index is 6.80. The van der Waals surface area contributed by atoms with Gasteiger partial charge in [0.15, 0.2) is 0 Å². The molecule has 0 unspecified atom stereocenters. The summed E-state index contributed by atoms with van der Waals surface area (Å²) in [5.74, 6) is 0. The van der Waals surface area contributed by atoms with Crippen LogP contribution in [0.5, 0.6) is 0 Å². The Morgan fingerprint density at radius 1 is 0.317 bits per heavy atom. The van der Waals surface area contributed by atoms with Crippen LogP contribution >= 0.6 is 0 Å². The molecule has 1 aromatic heterocycles. The van der Waals surface area contributed by atoms with E-state index in [2.05, 4.69) is 254 Å². The number of furan rings is 1. The van der Waals surface area contributed by atoms with Gasteiger partial charge in [0.05, 0.1) is 16.5 Å². The number of hydrogen-bond acceptors (Lipinski definition) is 2. The number of benzene rings is 10. The van der Waals surface area contributed by atoms with Crippen LogP contribution in [0.4, 0.5) is 17.1 Å². The molecule has 0 atom stereocenters. The summed E-state index contributed by atoms with van der Waals surface area (Å²) < 4.78 is 6.80. The molecule has 0 amide bonds. The van der Waals surface area contributed by atoms with E-state index in [1.807, 2.05) is 0 Å². The molecule has 10 aromatic carbocycles. The molecule has 0 radical (unpaired) electrons. The molecule has 0 fully saturated rings. The molecule has 1 heterocycles. The van der Waals surface area contributed by atoms with E-state index in [0.29, 0.717) is 0 Å². The van der Waals surface area contributed by atoms with Crippen LogP contribution in [0, 0.1) is 0 Å². The van der Waals surface area contributed by atoms with Crippen LogP contribution in [-0.2, 0) is 5.41 Å². The van der Waals surface area contributed by atoms with E-state index in [0.717, 1.165) is 39.0 Å². The second-order valence-electron chi connectivity index (χ2n) is 16.4. The van der Waals surface area contributed by atoms with Crippen molar-refractivity contribution in [1.29, 1.82) is 0 Å². The number of nitrogens with zero attached hydrogens (tertiary/aromatic N) is 1.